The molecule has 0 unspecified atom stereocenters. The number of hydrogen-bond acceptors (Lipinski definition) is 7. The molecule has 0 saturated carbocycles. The van der Waals surface area contributed by atoms with Gasteiger partial charge in [-0.3, -0.25) is 14.9 Å². The first-order valence-corrected chi connectivity index (χ1v) is 9.66. The normalized spacial score (nSPS) is 14.2. The number of fused-ring (bicyclic) bond motifs is 1. The number of thiazole rings is 1. The molecule has 9 heteroatoms. The predicted octanol–water partition coefficient (Wildman–Crippen LogP) is 3.22. The van der Waals surface area contributed by atoms with Gasteiger partial charge in [-0.2, -0.15) is 0 Å². The van der Waals surface area contributed by atoms with Gasteiger partial charge in [-0.15, -0.1) is 0 Å². The van der Waals surface area contributed by atoms with E-state index in [4.69, 9.17) is 4.74 Å². The van der Waals surface area contributed by atoms with Gasteiger partial charge in [0.1, 0.15) is 0 Å². The molecule has 1 aliphatic heterocycles. The summed E-state index contributed by atoms with van der Waals surface area (Å²) in [5.74, 6) is -0.175. The Kier molecular flexibility index (Phi) is 5.18. The molecule has 0 bridgehead atoms. The van der Waals surface area contributed by atoms with Crippen molar-refractivity contribution < 1.29 is 14.5 Å². The zero-order chi connectivity index (χ0) is 19.5. The highest BCUT2D eigenvalue weighted by atomic mass is 32.1. The van der Waals surface area contributed by atoms with Crippen molar-refractivity contribution >= 4 is 44.0 Å². The Hall–Kier alpha value is -3.04. The van der Waals surface area contributed by atoms with E-state index < -0.39 is 4.92 Å². The Balaban J connectivity index is 1.43. The lowest BCUT2D eigenvalue weighted by Crippen LogP contribution is -2.36. The minimum absolute atomic E-state index is 0.0101. The van der Waals surface area contributed by atoms with Gasteiger partial charge in [0.2, 0.25) is 5.91 Å². The maximum absolute atomic E-state index is 12.3. The zero-order valence-corrected chi connectivity index (χ0v) is 15.8. The van der Waals surface area contributed by atoms with Crippen molar-refractivity contribution in [2.24, 2.45) is 0 Å². The molecule has 2 aromatic carbocycles. The van der Waals surface area contributed by atoms with E-state index >= 15 is 0 Å². The monoisotopic (exact) mass is 398 g/mol. The van der Waals surface area contributed by atoms with Crippen LogP contribution in [0, 0.1) is 10.1 Å². The number of nitro groups is 1. The van der Waals surface area contributed by atoms with Crippen LogP contribution in [0.3, 0.4) is 0 Å². The van der Waals surface area contributed by atoms with Gasteiger partial charge < -0.3 is 15.0 Å². The standard InChI is InChI=1S/C19H18N4O4S/c24-18(11-13-1-4-15(5-2-13)23(25)26)20-14-3-6-16-17(12-14)28-19(21-16)22-7-9-27-10-8-22/h1-6,12H,7-11H2,(H,20,24). The third-order valence-corrected chi connectivity index (χ3v) is 5.53. The van der Waals surface area contributed by atoms with Crippen molar-refractivity contribution in [2.45, 2.75) is 6.42 Å². The van der Waals surface area contributed by atoms with Crippen LogP contribution in [0.5, 0.6) is 0 Å². The fourth-order valence-electron chi connectivity index (χ4n) is 3.01. The molecular formula is C19H18N4O4S. The molecule has 1 saturated heterocycles. The summed E-state index contributed by atoms with van der Waals surface area (Å²) in [6, 6.07) is 11.6. The van der Waals surface area contributed by atoms with Gasteiger partial charge >= 0.3 is 0 Å². The molecule has 3 aromatic rings. The molecule has 1 fully saturated rings. The number of hydrogen-bond donors (Lipinski definition) is 1. The number of nitrogens with one attached hydrogen (secondary N) is 1. The third kappa shape index (κ3) is 4.10. The number of aromatic nitrogens is 1. The van der Waals surface area contributed by atoms with E-state index in [0.29, 0.717) is 18.9 Å². The number of anilines is 2. The van der Waals surface area contributed by atoms with Crippen molar-refractivity contribution in [3.63, 3.8) is 0 Å². The molecule has 4 rings (SSSR count). The second-order valence-corrected chi connectivity index (χ2v) is 7.44. The van der Waals surface area contributed by atoms with Gasteiger partial charge in [-0.25, -0.2) is 4.98 Å². The van der Waals surface area contributed by atoms with E-state index in [1.54, 1.807) is 23.5 Å². The van der Waals surface area contributed by atoms with Crippen molar-refractivity contribution in [1.82, 2.24) is 4.98 Å². The first-order valence-electron chi connectivity index (χ1n) is 8.85. The lowest BCUT2D eigenvalue weighted by molar-refractivity contribution is -0.384. The van der Waals surface area contributed by atoms with Crippen molar-refractivity contribution in [3.8, 4) is 0 Å². The van der Waals surface area contributed by atoms with Crippen LogP contribution in [0.1, 0.15) is 5.56 Å². The van der Waals surface area contributed by atoms with E-state index in [0.717, 1.165) is 34.0 Å². The average molecular weight is 398 g/mol. The van der Waals surface area contributed by atoms with Crippen molar-refractivity contribution in [3.05, 3.63) is 58.1 Å². The lowest BCUT2D eigenvalue weighted by Gasteiger charge is -2.25. The van der Waals surface area contributed by atoms with E-state index in [1.807, 2.05) is 18.2 Å². The number of carbonyl (C=O) groups excluding carboxylic acids is 1. The molecule has 8 nitrogen and oxygen atoms in total. The van der Waals surface area contributed by atoms with Crippen LogP contribution < -0.4 is 10.2 Å². The molecule has 0 radical (unpaired) electrons. The molecule has 0 atom stereocenters. The van der Waals surface area contributed by atoms with Crippen LogP contribution in [0.4, 0.5) is 16.5 Å². The largest absolute Gasteiger partial charge is 0.378 e. The van der Waals surface area contributed by atoms with Gasteiger partial charge in [0.05, 0.1) is 34.8 Å². The fraction of sp³-hybridized carbons (Fsp3) is 0.263. The number of amides is 1. The molecule has 0 spiro atoms. The number of rotatable bonds is 5. The minimum atomic E-state index is -0.459. The topological polar surface area (TPSA) is 97.6 Å². The lowest BCUT2D eigenvalue weighted by atomic mass is 10.1. The minimum Gasteiger partial charge on any atom is -0.378 e. The highest BCUT2D eigenvalue weighted by Gasteiger charge is 2.16. The SMILES string of the molecule is O=C(Cc1ccc([N+](=O)[O-])cc1)Nc1ccc2nc(N3CCOCC3)sc2c1. The van der Waals surface area contributed by atoms with Crippen LogP contribution in [-0.4, -0.2) is 42.1 Å². The Morgan fingerprint density at radius 1 is 1.21 bits per heavy atom. The van der Waals surface area contributed by atoms with Gasteiger partial charge in [-0.1, -0.05) is 23.5 Å². The van der Waals surface area contributed by atoms with E-state index in [1.165, 1.54) is 12.1 Å². The summed E-state index contributed by atoms with van der Waals surface area (Å²) in [4.78, 5) is 29.4. The maximum Gasteiger partial charge on any atom is 0.269 e. The molecule has 144 valence electrons. The summed E-state index contributed by atoms with van der Waals surface area (Å²) in [5.41, 5.74) is 2.34. The molecule has 1 aliphatic rings. The summed E-state index contributed by atoms with van der Waals surface area (Å²) >= 11 is 1.60. The summed E-state index contributed by atoms with van der Waals surface area (Å²) < 4.78 is 6.39. The first kappa shape index (κ1) is 18.3. The van der Waals surface area contributed by atoms with Crippen LogP contribution in [0.25, 0.3) is 10.2 Å². The van der Waals surface area contributed by atoms with Gasteiger partial charge in [-0.05, 0) is 23.8 Å². The molecule has 0 aliphatic carbocycles. The smallest absolute Gasteiger partial charge is 0.269 e. The number of benzene rings is 2. The first-order chi connectivity index (χ1) is 13.6. The Bertz CT molecular complexity index is 1010. The summed E-state index contributed by atoms with van der Waals surface area (Å²) in [7, 11) is 0. The number of nitro benzene ring substituents is 1. The molecule has 28 heavy (non-hydrogen) atoms. The Morgan fingerprint density at radius 3 is 2.68 bits per heavy atom. The third-order valence-electron chi connectivity index (χ3n) is 4.45. The fourth-order valence-corrected chi connectivity index (χ4v) is 4.06. The molecule has 1 aromatic heterocycles. The molecule has 1 N–H and O–H groups in total. The number of nitrogens with zero attached hydrogens (tertiary/aromatic N) is 3. The second kappa shape index (κ2) is 7.91. The van der Waals surface area contributed by atoms with E-state index in [9.17, 15) is 14.9 Å². The van der Waals surface area contributed by atoms with Crippen LogP contribution >= 0.6 is 11.3 Å². The molecule has 1 amide bonds. The van der Waals surface area contributed by atoms with Crippen LogP contribution in [0.15, 0.2) is 42.5 Å². The highest BCUT2D eigenvalue weighted by molar-refractivity contribution is 7.22. The highest BCUT2D eigenvalue weighted by Crippen LogP contribution is 2.31. The molecular weight excluding hydrogens is 380 g/mol. The summed E-state index contributed by atoms with van der Waals surface area (Å²) in [6.45, 7) is 3.08. The van der Waals surface area contributed by atoms with Gasteiger partial charge in [0.25, 0.3) is 5.69 Å². The summed E-state index contributed by atoms with van der Waals surface area (Å²) in [6.07, 6.45) is 0.151. The zero-order valence-electron chi connectivity index (χ0n) is 15.0. The van der Waals surface area contributed by atoms with E-state index in [2.05, 4.69) is 15.2 Å². The van der Waals surface area contributed by atoms with Gasteiger partial charge in [0, 0.05) is 30.9 Å². The van der Waals surface area contributed by atoms with Gasteiger partial charge in [0.15, 0.2) is 5.13 Å². The quantitative estimate of drug-likeness (QED) is 0.523. The Labute approximate surface area is 164 Å². The van der Waals surface area contributed by atoms with Crippen molar-refractivity contribution in [1.29, 1.82) is 0 Å². The number of morpholine rings is 1. The average Bonchev–Trinajstić information content (AvgIpc) is 3.12. The van der Waals surface area contributed by atoms with Crippen LogP contribution in [0.2, 0.25) is 0 Å². The number of carbonyl (C=O) groups is 1. The van der Waals surface area contributed by atoms with Crippen molar-refractivity contribution in [2.75, 3.05) is 36.5 Å². The van der Waals surface area contributed by atoms with E-state index in [-0.39, 0.29) is 18.0 Å². The summed E-state index contributed by atoms with van der Waals surface area (Å²) in [5, 5.41) is 14.5. The Morgan fingerprint density at radius 2 is 1.96 bits per heavy atom. The second-order valence-electron chi connectivity index (χ2n) is 6.43. The molecule has 2 heterocycles. The maximum atomic E-state index is 12.3. The number of ether oxygens (including phenoxy) is 1. The van der Waals surface area contributed by atoms with Crippen LogP contribution in [-0.2, 0) is 16.0 Å². The predicted molar refractivity (Wildman–Crippen MR) is 108 cm³/mol. The number of non-ortho nitro benzene ring substituents is 1.